The van der Waals surface area contributed by atoms with Gasteiger partial charge in [-0.1, -0.05) is 28.1 Å². The highest BCUT2D eigenvalue weighted by molar-refractivity contribution is 9.10. The number of phenols is 1. The zero-order chi connectivity index (χ0) is 21.5. The first kappa shape index (κ1) is 22.0. The Balaban J connectivity index is 1.82. The zero-order valence-electron chi connectivity index (χ0n) is 16.4. The van der Waals surface area contributed by atoms with E-state index < -0.39 is 18.1 Å². The number of allylic oxidation sites excluding steroid dienone is 1. The van der Waals surface area contributed by atoms with E-state index in [-0.39, 0.29) is 5.75 Å². The number of aliphatic hydroxyl groups excluding tert-OH is 2. The first-order valence-electron chi connectivity index (χ1n) is 9.62. The van der Waals surface area contributed by atoms with Crippen molar-refractivity contribution in [1.82, 2.24) is 4.98 Å². The molecule has 0 spiro atoms. The van der Waals surface area contributed by atoms with Gasteiger partial charge in [0, 0.05) is 22.2 Å². The van der Waals surface area contributed by atoms with Gasteiger partial charge in [-0.2, -0.15) is 0 Å². The molecule has 0 radical (unpaired) electrons. The third kappa shape index (κ3) is 5.48. The molecule has 3 atom stereocenters. The van der Waals surface area contributed by atoms with Crippen molar-refractivity contribution in [1.29, 1.82) is 0 Å². The largest absolute Gasteiger partial charge is 0.507 e. The maximum atomic E-state index is 10.8. The normalized spacial score (nSPS) is 14.8. The van der Waals surface area contributed by atoms with Crippen LogP contribution in [0.4, 0.5) is 0 Å². The Hall–Kier alpha value is -2.67. The van der Waals surface area contributed by atoms with E-state index in [4.69, 9.17) is 4.42 Å². The molecule has 1 aromatic carbocycles. The second-order valence-electron chi connectivity index (χ2n) is 6.97. The van der Waals surface area contributed by atoms with Gasteiger partial charge >= 0.3 is 0 Å². The maximum Gasteiger partial charge on any atom is 0.132 e. The topological polar surface area (TPSA) is 86.7 Å². The fourth-order valence-corrected chi connectivity index (χ4v) is 3.68. The maximum absolute atomic E-state index is 10.8. The highest BCUT2D eigenvalue weighted by atomic mass is 79.9. The van der Waals surface area contributed by atoms with E-state index in [1.807, 2.05) is 30.3 Å². The number of halogens is 1. The molecule has 156 valence electrons. The number of phenolic OH excluding ortho intramolecular Hbond substituents is 1. The van der Waals surface area contributed by atoms with Gasteiger partial charge in [-0.05, 0) is 67.0 Å². The second kappa shape index (κ2) is 10.4. The third-order valence-electron chi connectivity index (χ3n) is 4.94. The number of furan rings is 1. The van der Waals surface area contributed by atoms with Crippen LogP contribution in [0.3, 0.4) is 0 Å². The molecule has 0 saturated heterocycles. The average Bonchev–Trinajstić information content (AvgIpc) is 3.29. The van der Waals surface area contributed by atoms with Crippen molar-refractivity contribution in [2.24, 2.45) is 5.92 Å². The molecule has 6 heteroatoms. The summed E-state index contributed by atoms with van der Waals surface area (Å²) < 4.78 is 6.11. The van der Waals surface area contributed by atoms with Crippen LogP contribution in [0.1, 0.15) is 36.0 Å². The lowest BCUT2D eigenvalue weighted by molar-refractivity contribution is 0.0214. The summed E-state index contributed by atoms with van der Waals surface area (Å²) in [4.78, 5) is 4.42. The molecule has 3 rings (SSSR count). The molecular formula is C24H24BrNO4. The Morgan fingerprint density at radius 3 is 2.67 bits per heavy atom. The minimum Gasteiger partial charge on any atom is -0.507 e. The number of aliphatic hydroxyl groups is 2. The van der Waals surface area contributed by atoms with E-state index in [1.54, 1.807) is 36.5 Å². The highest BCUT2D eigenvalue weighted by Crippen LogP contribution is 2.32. The Labute approximate surface area is 184 Å². The predicted octanol–water partition coefficient (Wildman–Crippen LogP) is 5.36. The molecule has 0 aliphatic carbocycles. The van der Waals surface area contributed by atoms with Crippen LogP contribution in [0.5, 0.6) is 5.75 Å². The van der Waals surface area contributed by atoms with Crippen LogP contribution < -0.4 is 0 Å². The lowest BCUT2D eigenvalue weighted by Gasteiger charge is -2.24. The highest BCUT2D eigenvalue weighted by Gasteiger charge is 2.27. The molecule has 0 aliphatic rings. The number of hydrogen-bond acceptors (Lipinski definition) is 5. The third-order valence-corrected chi connectivity index (χ3v) is 5.43. The summed E-state index contributed by atoms with van der Waals surface area (Å²) >= 11 is 3.42. The molecule has 3 N–H and O–H groups in total. The summed E-state index contributed by atoms with van der Waals surface area (Å²) in [5.41, 5.74) is 2.26. The quantitative estimate of drug-likeness (QED) is 0.367. The first-order chi connectivity index (χ1) is 14.5. The molecule has 0 unspecified atom stereocenters. The summed E-state index contributed by atoms with van der Waals surface area (Å²) in [6.07, 6.45) is 5.62. The van der Waals surface area contributed by atoms with Gasteiger partial charge in [0.05, 0.1) is 18.1 Å². The van der Waals surface area contributed by atoms with Crippen molar-refractivity contribution in [3.05, 3.63) is 95.1 Å². The summed E-state index contributed by atoms with van der Waals surface area (Å²) in [5, 5.41) is 31.5. The van der Waals surface area contributed by atoms with Crippen molar-refractivity contribution in [2.75, 3.05) is 0 Å². The number of nitrogens with zero attached hydrogens (tertiary/aromatic N) is 1. The van der Waals surface area contributed by atoms with Gasteiger partial charge in [-0.15, -0.1) is 6.58 Å². The fourth-order valence-electron chi connectivity index (χ4n) is 3.30. The van der Waals surface area contributed by atoms with Crippen LogP contribution in [0.2, 0.25) is 0 Å². The number of aromatic nitrogens is 1. The van der Waals surface area contributed by atoms with E-state index >= 15 is 0 Å². The summed E-state index contributed by atoms with van der Waals surface area (Å²) in [6.45, 7) is 3.76. The molecule has 5 nitrogen and oxygen atoms in total. The van der Waals surface area contributed by atoms with E-state index in [9.17, 15) is 15.3 Å². The van der Waals surface area contributed by atoms with Crippen molar-refractivity contribution in [2.45, 2.75) is 25.0 Å². The van der Waals surface area contributed by atoms with Gasteiger partial charge in [0.25, 0.3) is 0 Å². The molecule has 3 aromatic rings. The summed E-state index contributed by atoms with van der Waals surface area (Å²) in [5.74, 6) is -0.0386. The Morgan fingerprint density at radius 2 is 2.00 bits per heavy atom. The van der Waals surface area contributed by atoms with Crippen molar-refractivity contribution in [3.8, 4) is 5.75 Å². The standard InChI is InChI=1S/C24H24BrNO4/c1-2-19(24(29)23-7-5-13-30-23)22(28)10-8-16(20-6-3-4-12-26-20)14-17-15-18(25)9-11-21(17)27/h2-7,9,11-15,19,22,24,27-29H,1,8,10H2/b16-14-/t19-,22-,24+/m1/s1. The van der Waals surface area contributed by atoms with Gasteiger partial charge in [-0.3, -0.25) is 4.98 Å². The molecule has 0 amide bonds. The lowest BCUT2D eigenvalue weighted by atomic mass is 9.89. The predicted molar refractivity (Wildman–Crippen MR) is 121 cm³/mol. The minimum absolute atomic E-state index is 0.157. The monoisotopic (exact) mass is 469 g/mol. The number of rotatable bonds is 9. The smallest absolute Gasteiger partial charge is 0.132 e. The number of aromatic hydroxyl groups is 1. The van der Waals surface area contributed by atoms with Crippen LogP contribution in [-0.4, -0.2) is 26.4 Å². The van der Waals surface area contributed by atoms with Crippen molar-refractivity contribution >= 4 is 27.6 Å². The first-order valence-corrected chi connectivity index (χ1v) is 10.4. The van der Waals surface area contributed by atoms with E-state index in [0.717, 1.165) is 15.7 Å². The van der Waals surface area contributed by atoms with Gasteiger partial charge in [0.2, 0.25) is 0 Å². The van der Waals surface area contributed by atoms with Gasteiger partial charge in [-0.25, -0.2) is 0 Å². The zero-order valence-corrected chi connectivity index (χ0v) is 17.9. The minimum atomic E-state index is -0.982. The Kier molecular flexibility index (Phi) is 7.63. The molecule has 0 saturated carbocycles. The van der Waals surface area contributed by atoms with Crippen LogP contribution in [-0.2, 0) is 0 Å². The van der Waals surface area contributed by atoms with Crippen LogP contribution >= 0.6 is 15.9 Å². The Morgan fingerprint density at radius 1 is 1.17 bits per heavy atom. The van der Waals surface area contributed by atoms with Crippen LogP contribution in [0, 0.1) is 5.92 Å². The van der Waals surface area contributed by atoms with Crippen molar-refractivity contribution in [3.63, 3.8) is 0 Å². The number of benzene rings is 1. The molecule has 0 bridgehead atoms. The van der Waals surface area contributed by atoms with E-state index in [0.29, 0.717) is 24.2 Å². The van der Waals surface area contributed by atoms with Gasteiger partial charge in [0.15, 0.2) is 0 Å². The number of hydrogen-bond donors (Lipinski definition) is 3. The van der Waals surface area contributed by atoms with E-state index in [2.05, 4.69) is 27.5 Å². The van der Waals surface area contributed by atoms with Crippen molar-refractivity contribution < 1.29 is 19.7 Å². The average molecular weight is 470 g/mol. The summed E-state index contributed by atoms with van der Waals surface area (Å²) in [7, 11) is 0. The van der Waals surface area contributed by atoms with Gasteiger partial charge < -0.3 is 19.7 Å². The lowest BCUT2D eigenvalue weighted by Crippen LogP contribution is -2.25. The summed E-state index contributed by atoms with van der Waals surface area (Å²) in [6, 6.07) is 14.2. The SMILES string of the molecule is C=C[C@H]([C@H](O)CC/C(=C/c1cc(Br)ccc1O)c1ccccn1)[C@H](O)c1ccco1. The number of pyridine rings is 1. The second-order valence-corrected chi connectivity index (χ2v) is 7.88. The molecule has 30 heavy (non-hydrogen) atoms. The van der Waals surface area contributed by atoms with Crippen LogP contribution in [0.15, 0.2) is 82.5 Å². The molecule has 0 fully saturated rings. The van der Waals surface area contributed by atoms with Crippen LogP contribution in [0.25, 0.3) is 11.6 Å². The molecule has 0 aliphatic heterocycles. The Bertz CT molecular complexity index is 986. The van der Waals surface area contributed by atoms with Gasteiger partial charge in [0.1, 0.15) is 17.6 Å². The molecular weight excluding hydrogens is 446 g/mol. The fraction of sp³-hybridized carbons (Fsp3) is 0.208. The van der Waals surface area contributed by atoms with E-state index in [1.165, 1.54) is 6.26 Å². The molecule has 2 aromatic heterocycles. The molecule has 2 heterocycles.